The fraction of sp³-hybridized carbons (Fsp3) is 0.600. The van der Waals surface area contributed by atoms with Crippen LogP contribution in [0.5, 0.6) is 0 Å². The lowest BCUT2D eigenvalue weighted by Gasteiger charge is -2.26. The number of phosphoric acid groups is 1. The average molecular weight is 660 g/mol. The number of rotatable bonds is 10. The molecule has 2 aromatic heterocycles. The minimum Gasteiger partial charge on any atom is -0.390 e. The molecule has 2 saturated heterocycles. The van der Waals surface area contributed by atoms with E-state index in [1.165, 1.54) is 13.8 Å². The van der Waals surface area contributed by atoms with Crippen LogP contribution >= 0.6 is 7.82 Å². The van der Waals surface area contributed by atoms with Crippen molar-refractivity contribution in [2.75, 3.05) is 0 Å². The summed E-state index contributed by atoms with van der Waals surface area (Å²) < 4.78 is 34.5. The zero-order valence-corrected chi connectivity index (χ0v) is 23.9. The molecule has 244 valence electrons. The molecule has 2 unspecified atom stereocenters. The van der Waals surface area contributed by atoms with E-state index in [1.807, 2.05) is 0 Å². The quantitative estimate of drug-likeness (QED) is 0.0597. The largest absolute Gasteiger partial charge is 0.477 e. The van der Waals surface area contributed by atoms with Gasteiger partial charge >= 0.3 is 30.3 Å². The van der Waals surface area contributed by atoms with Crippen LogP contribution in [0.3, 0.4) is 0 Å². The number of aryl methyl sites for hydroxylation is 2. The Bertz CT molecular complexity index is 1730. The Morgan fingerprint density at radius 3 is 1.53 bits per heavy atom. The van der Waals surface area contributed by atoms with Gasteiger partial charge in [0.05, 0.1) is 23.3 Å². The van der Waals surface area contributed by atoms with Gasteiger partial charge in [0.15, 0.2) is 12.6 Å². The molecule has 0 aliphatic carbocycles. The van der Waals surface area contributed by atoms with E-state index >= 15 is 0 Å². The molecular weight excluding hydrogens is 635 g/mol. The van der Waals surface area contributed by atoms with Crippen LogP contribution in [0.1, 0.15) is 36.4 Å². The minimum absolute atomic E-state index is 0.0570. The van der Waals surface area contributed by atoms with E-state index in [1.54, 1.807) is 0 Å². The van der Waals surface area contributed by atoms with Crippen LogP contribution in [-0.2, 0) is 23.1 Å². The summed E-state index contributed by atoms with van der Waals surface area (Å²) in [6, 6.07) is 0. The number of aromatic nitrogens is 4. The van der Waals surface area contributed by atoms with Crippen molar-refractivity contribution in [2.45, 2.75) is 76.1 Å². The normalized spacial score (nSPS) is 27.3. The number of phosphoric ester groups is 1. The molecule has 2 fully saturated rings. The van der Waals surface area contributed by atoms with Crippen LogP contribution in [-0.4, -0.2) is 80.8 Å². The van der Waals surface area contributed by atoms with Gasteiger partial charge in [0.25, 0.3) is 0 Å². The predicted octanol–water partition coefficient (Wildman–Crippen LogP) is -2.14. The van der Waals surface area contributed by atoms with Gasteiger partial charge in [-0.15, -0.1) is 11.1 Å². The van der Waals surface area contributed by atoms with E-state index in [9.17, 15) is 49.1 Å². The smallest absolute Gasteiger partial charge is 0.390 e. The highest BCUT2D eigenvalue weighted by molar-refractivity contribution is 7.47. The summed E-state index contributed by atoms with van der Waals surface area (Å²) >= 11 is 0. The Morgan fingerprint density at radius 1 is 0.844 bits per heavy atom. The Morgan fingerprint density at radius 2 is 1.20 bits per heavy atom. The summed E-state index contributed by atoms with van der Waals surface area (Å²) in [5.41, 5.74) is 13.0. The van der Waals surface area contributed by atoms with Crippen molar-refractivity contribution in [1.82, 2.24) is 18.5 Å². The molecule has 25 heteroatoms. The van der Waals surface area contributed by atoms with Crippen LogP contribution in [0.15, 0.2) is 42.0 Å². The molecule has 0 radical (unpaired) electrons. The Hall–Kier alpha value is -4.15. The average Bonchev–Trinajstić information content (AvgIpc) is 3.55. The molecule has 2 aromatic rings. The SMILES string of the molecule is Cc1cn([C@H]2C[C@H](O)[C@@H](C(O)OP(=O)(O)OC(O)[C@H]3O[C@@H](n4cc(C)c(=O)n(N=[N+]=[N-])c4=O)C[C@@H]3O)O2)c(=O)n(N=[N+]=[N-])c1=O. The number of hydrogen-bond acceptors (Lipinski definition) is 15. The lowest BCUT2D eigenvalue weighted by Crippen LogP contribution is -2.40. The van der Waals surface area contributed by atoms with Crippen LogP contribution in [0.4, 0.5) is 0 Å². The fourth-order valence-electron chi connectivity index (χ4n) is 4.64. The molecule has 2 aliphatic heterocycles. The van der Waals surface area contributed by atoms with E-state index in [0.717, 1.165) is 21.5 Å². The fourth-order valence-corrected chi connectivity index (χ4v) is 5.48. The molecule has 0 amide bonds. The molecular formula is C20H25N10O14P. The maximum Gasteiger partial charge on any atom is 0.477 e. The summed E-state index contributed by atoms with van der Waals surface area (Å²) in [6.45, 7) is 2.59. The Labute approximate surface area is 247 Å². The third kappa shape index (κ3) is 6.77. The first-order valence-electron chi connectivity index (χ1n) is 12.6. The molecule has 4 rings (SSSR count). The molecule has 8 atom stereocenters. The number of azide groups is 2. The summed E-state index contributed by atoms with van der Waals surface area (Å²) in [5.74, 6) is 0. The van der Waals surface area contributed by atoms with Gasteiger partial charge in [-0.05, 0) is 24.3 Å². The monoisotopic (exact) mass is 660 g/mol. The second-order valence-electron chi connectivity index (χ2n) is 9.77. The van der Waals surface area contributed by atoms with Gasteiger partial charge in [-0.25, -0.2) is 23.7 Å². The maximum atomic E-state index is 12.6. The molecule has 0 aromatic carbocycles. The number of nitrogens with zero attached hydrogens (tertiary/aromatic N) is 10. The standard InChI is InChI=1S/C20H25N10O14P/c1-7-5-27(19(37)29(15(7)33)25-23-21)11-3-9(31)13(41-11)17(35)43-45(39,40)44-18(36)14-10(32)4-12(42-14)28-6-8(2)16(34)30(20(28)38)26-24-22/h5-6,9-14,17-18,31-32,35-36H,3-4H2,1-2H3,(H,39,40)/t9-,10-,11+,12+,13-,14-,17?,18?/m0/s1. The Kier molecular flexibility index (Phi) is 9.80. The third-order valence-corrected chi connectivity index (χ3v) is 7.69. The molecule has 4 heterocycles. The highest BCUT2D eigenvalue weighted by Crippen LogP contribution is 2.48. The highest BCUT2D eigenvalue weighted by atomic mass is 31.2. The zero-order valence-electron chi connectivity index (χ0n) is 23.0. The Balaban J connectivity index is 1.45. The topological polar surface area (TPSA) is 341 Å². The first kappa shape index (κ1) is 33.7. The zero-order chi connectivity index (χ0) is 33.4. The summed E-state index contributed by atoms with van der Waals surface area (Å²) in [5, 5.41) is 47.6. The first-order valence-corrected chi connectivity index (χ1v) is 14.1. The lowest BCUT2D eigenvalue weighted by molar-refractivity contribution is -0.187. The van der Waals surface area contributed by atoms with Crippen LogP contribution < -0.4 is 22.5 Å². The molecule has 2 aliphatic rings. The van der Waals surface area contributed by atoms with Crippen molar-refractivity contribution in [3.8, 4) is 0 Å². The van der Waals surface area contributed by atoms with E-state index in [2.05, 4.69) is 29.3 Å². The molecule has 5 N–H and O–H groups in total. The molecule has 0 saturated carbocycles. The van der Waals surface area contributed by atoms with Crippen molar-refractivity contribution in [3.63, 3.8) is 0 Å². The number of aliphatic hydroxyl groups excluding tert-OH is 4. The van der Waals surface area contributed by atoms with Crippen LogP contribution in [0.2, 0.25) is 0 Å². The second-order valence-corrected chi connectivity index (χ2v) is 11.1. The summed E-state index contributed by atoms with van der Waals surface area (Å²) in [4.78, 5) is 64.3. The van der Waals surface area contributed by atoms with Gasteiger partial charge in [0.1, 0.15) is 24.7 Å². The second kappa shape index (κ2) is 13.1. The van der Waals surface area contributed by atoms with Gasteiger partial charge in [-0.2, -0.15) is 9.82 Å². The van der Waals surface area contributed by atoms with E-state index in [4.69, 9.17) is 20.5 Å². The van der Waals surface area contributed by atoms with Crippen molar-refractivity contribution in [3.05, 3.63) is 86.1 Å². The van der Waals surface area contributed by atoms with E-state index in [0.29, 0.717) is 0 Å². The predicted molar refractivity (Wildman–Crippen MR) is 142 cm³/mol. The molecule has 24 nitrogen and oxygen atoms in total. The summed E-state index contributed by atoms with van der Waals surface area (Å²) in [7, 11) is -5.45. The highest BCUT2D eigenvalue weighted by Gasteiger charge is 2.47. The van der Waals surface area contributed by atoms with Gasteiger partial charge in [-0.3, -0.25) is 18.2 Å². The van der Waals surface area contributed by atoms with E-state index < -0.39 is 92.6 Å². The van der Waals surface area contributed by atoms with Gasteiger partial charge in [0, 0.05) is 25.2 Å². The van der Waals surface area contributed by atoms with Crippen molar-refractivity contribution >= 4 is 7.82 Å². The molecule has 45 heavy (non-hydrogen) atoms. The number of hydrogen-bond donors (Lipinski definition) is 5. The number of aliphatic hydroxyl groups is 4. The number of ether oxygens (including phenoxy) is 2. The first-order chi connectivity index (χ1) is 21.1. The van der Waals surface area contributed by atoms with E-state index in [-0.39, 0.29) is 20.5 Å². The van der Waals surface area contributed by atoms with Gasteiger partial charge in [-0.1, -0.05) is 9.35 Å². The van der Waals surface area contributed by atoms with Crippen molar-refractivity contribution < 1.29 is 48.4 Å². The van der Waals surface area contributed by atoms with Crippen LogP contribution in [0.25, 0.3) is 20.9 Å². The van der Waals surface area contributed by atoms with Gasteiger partial charge in [0.2, 0.25) is 0 Å². The molecule has 0 spiro atoms. The van der Waals surface area contributed by atoms with Crippen LogP contribution in [0, 0.1) is 13.8 Å². The van der Waals surface area contributed by atoms with Crippen molar-refractivity contribution in [2.24, 2.45) is 10.4 Å². The summed E-state index contributed by atoms with van der Waals surface area (Å²) in [6.07, 6.45) is -13.2. The third-order valence-electron chi connectivity index (χ3n) is 6.73. The minimum atomic E-state index is -5.45. The van der Waals surface area contributed by atoms with Crippen molar-refractivity contribution in [1.29, 1.82) is 0 Å². The molecule has 0 bridgehead atoms. The van der Waals surface area contributed by atoms with Gasteiger partial charge < -0.3 is 34.8 Å². The lowest BCUT2D eigenvalue weighted by atomic mass is 10.2. The maximum absolute atomic E-state index is 12.6.